The van der Waals surface area contributed by atoms with Crippen molar-refractivity contribution in [3.63, 3.8) is 0 Å². The van der Waals surface area contributed by atoms with Crippen LogP contribution in [-0.4, -0.2) is 32.0 Å². The summed E-state index contributed by atoms with van der Waals surface area (Å²) in [4.78, 5) is 4.65. The highest BCUT2D eigenvalue weighted by Crippen LogP contribution is 2.23. The quantitative estimate of drug-likeness (QED) is 0.851. The van der Waals surface area contributed by atoms with Crippen LogP contribution in [0.5, 0.6) is 0 Å². The zero-order chi connectivity index (χ0) is 13.2. The van der Waals surface area contributed by atoms with Gasteiger partial charge < -0.3 is 5.11 Å². The minimum absolute atomic E-state index is 0.0453. The molecule has 1 unspecified atom stereocenters. The molecule has 0 fully saturated rings. The first kappa shape index (κ1) is 13.0. The number of amidine groups is 1. The maximum atomic E-state index is 11.8. The van der Waals surface area contributed by atoms with Crippen molar-refractivity contribution in [3.05, 3.63) is 29.8 Å². The minimum atomic E-state index is -3.47. The predicted octanol–water partition coefficient (Wildman–Crippen LogP) is 0.886. The van der Waals surface area contributed by atoms with Crippen LogP contribution in [0.2, 0.25) is 0 Å². The van der Waals surface area contributed by atoms with Crippen LogP contribution in [0.25, 0.3) is 0 Å². The molecule has 0 bridgehead atoms. The molecule has 1 atom stereocenters. The third-order valence-corrected chi connectivity index (χ3v) is 4.31. The summed E-state index contributed by atoms with van der Waals surface area (Å²) in [6, 6.07) is 6.69. The van der Waals surface area contributed by atoms with Crippen LogP contribution in [0.1, 0.15) is 25.3 Å². The fraction of sp³-hybridized carbons (Fsp3) is 0.417. The number of aliphatic imine (C=N–C) groups is 1. The Morgan fingerprint density at radius 2 is 2.11 bits per heavy atom. The van der Waals surface area contributed by atoms with Crippen LogP contribution in [-0.2, 0) is 10.0 Å². The molecule has 98 valence electrons. The molecule has 0 radical (unpaired) electrons. The smallest absolute Gasteiger partial charge is 0.263 e. The first-order chi connectivity index (χ1) is 8.58. The van der Waals surface area contributed by atoms with Crippen LogP contribution in [0.15, 0.2) is 34.2 Å². The average molecular weight is 268 g/mol. The Kier molecular flexibility index (Phi) is 3.68. The molecule has 0 aromatic heterocycles. The molecule has 0 aliphatic carbocycles. The van der Waals surface area contributed by atoms with Crippen LogP contribution in [0, 0.1) is 0 Å². The normalized spacial score (nSPS) is 20.4. The van der Waals surface area contributed by atoms with Gasteiger partial charge in [0.2, 0.25) is 0 Å². The van der Waals surface area contributed by atoms with Gasteiger partial charge in [-0.25, -0.2) is 8.42 Å². The number of rotatable bonds is 4. The van der Waals surface area contributed by atoms with Crippen molar-refractivity contribution < 1.29 is 13.5 Å². The summed E-state index contributed by atoms with van der Waals surface area (Å²) in [5, 5.41) is 8.93. The fourth-order valence-electron chi connectivity index (χ4n) is 1.92. The van der Waals surface area contributed by atoms with Crippen molar-refractivity contribution in [3.8, 4) is 0 Å². The van der Waals surface area contributed by atoms with E-state index in [4.69, 9.17) is 5.11 Å². The molecule has 1 aliphatic heterocycles. The number of aliphatic hydroxyl groups is 1. The van der Waals surface area contributed by atoms with Gasteiger partial charge in [-0.1, -0.05) is 19.1 Å². The van der Waals surface area contributed by atoms with Crippen LogP contribution >= 0.6 is 0 Å². The molecule has 1 heterocycles. The molecule has 2 rings (SSSR count). The third-order valence-electron chi connectivity index (χ3n) is 2.91. The number of sulfonamides is 1. The number of aliphatic hydroxyl groups excluding tert-OH is 1. The number of benzene rings is 1. The van der Waals surface area contributed by atoms with Gasteiger partial charge in [0.1, 0.15) is 5.84 Å². The number of nitrogens with one attached hydrogen (secondary N) is 1. The van der Waals surface area contributed by atoms with Gasteiger partial charge in [0, 0.05) is 12.2 Å². The lowest BCUT2D eigenvalue weighted by atomic mass is 10.1. The Morgan fingerprint density at radius 3 is 2.78 bits per heavy atom. The van der Waals surface area contributed by atoms with E-state index in [-0.39, 0.29) is 17.5 Å². The molecule has 1 aliphatic rings. The van der Waals surface area contributed by atoms with Crippen molar-refractivity contribution in [2.24, 2.45) is 4.99 Å². The molecular weight excluding hydrogens is 252 g/mol. The number of nitrogens with zero attached hydrogens (tertiary/aromatic N) is 1. The van der Waals surface area contributed by atoms with E-state index in [1.165, 1.54) is 0 Å². The van der Waals surface area contributed by atoms with Crippen LogP contribution in [0.3, 0.4) is 0 Å². The highest BCUT2D eigenvalue weighted by Gasteiger charge is 2.30. The van der Waals surface area contributed by atoms with E-state index in [0.717, 1.165) is 6.42 Å². The molecule has 1 aromatic rings. The predicted molar refractivity (Wildman–Crippen MR) is 69.1 cm³/mol. The third kappa shape index (κ3) is 2.39. The van der Waals surface area contributed by atoms with E-state index in [9.17, 15) is 8.42 Å². The molecule has 18 heavy (non-hydrogen) atoms. The lowest BCUT2D eigenvalue weighted by molar-refractivity contribution is 0.275. The number of hydrogen-bond acceptors (Lipinski definition) is 4. The Bertz CT molecular complexity index is 566. The summed E-state index contributed by atoms with van der Waals surface area (Å²) in [5.41, 5.74) is 0.605. The molecule has 5 nitrogen and oxygen atoms in total. The first-order valence-electron chi connectivity index (χ1n) is 5.89. The summed E-state index contributed by atoms with van der Waals surface area (Å²) < 4.78 is 26.2. The molecular formula is C12H16N2O3S. The van der Waals surface area contributed by atoms with Gasteiger partial charge in [0.05, 0.1) is 10.9 Å². The van der Waals surface area contributed by atoms with Gasteiger partial charge in [-0.05, 0) is 25.0 Å². The maximum absolute atomic E-state index is 11.8. The standard InChI is InChI=1S/C12H16N2O3S/c1-2-9(7-8-15)13-12-10-5-3-4-6-11(10)18(16,17)14-12/h3-6,9,15H,2,7-8H2,1H3,(H,13,14). The molecule has 0 saturated heterocycles. The van der Waals surface area contributed by atoms with E-state index in [1.807, 2.05) is 6.92 Å². The second-order valence-corrected chi connectivity index (χ2v) is 5.80. The molecule has 6 heteroatoms. The Hall–Kier alpha value is -1.40. The second-order valence-electron chi connectivity index (χ2n) is 4.15. The average Bonchev–Trinajstić information content (AvgIpc) is 2.61. The molecule has 2 N–H and O–H groups in total. The molecule has 1 aromatic carbocycles. The SMILES string of the molecule is CCC(CCO)N=C1NS(=O)(=O)c2ccccc21. The fourth-order valence-corrected chi connectivity index (χ4v) is 3.16. The lowest BCUT2D eigenvalue weighted by Gasteiger charge is -2.09. The van der Waals surface area contributed by atoms with Crippen molar-refractivity contribution in [1.82, 2.24) is 4.72 Å². The van der Waals surface area contributed by atoms with E-state index < -0.39 is 10.0 Å². The van der Waals surface area contributed by atoms with E-state index >= 15 is 0 Å². The first-order valence-corrected chi connectivity index (χ1v) is 7.37. The largest absolute Gasteiger partial charge is 0.396 e. The Labute approximate surface area is 107 Å². The minimum Gasteiger partial charge on any atom is -0.396 e. The van der Waals surface area contributed by atoms with Gasteiger partial charge in [-0.3, -0.25) is 9.71 Å². The van der Waals surface area contributed by atoms with Crippen molar-refractivity contribution in [2.45, 2.75) is 30.7 Å². The van der Waals surface area contributed by atoms with Crippen molar-refractivity contribution in [2.75, 3.05) is 6.61 Å². The number of fused-ring (bicyclic) bond motifs is 1. The zero-order valence-corrected chi connectivity index (χ0v) is 10.9. The highest BCUT2D eigenvalue weighted by atomic mass is 32.2. The van der Waals surface area contributed by atoms with Gasteiger partial charge in [0.15, 0.2) is 0 Å². The summed E-state index contributed by atoms with van der Waals surface area (Å²) in [6.45, 7) is 2.00. The van der Waals surface area contributed by atoms with Crippen LogP contribution in [0.4, 0.5) is 0 Å². The summed E-state index contributed by atoms with van der Waals surface area (Å²) >= 11 is 0. The lowest BCUT2D eigenvalue weighted by Crippen LogP contribution is -2.24. The Balaban J connectivity index is 2.41. The molecule has 0 saturated carbocycles. The van der Waals surface area contributed by atoms with E-state index in [2.05, 4.69) is 9.71 Å². The van der Waals surface area contributed by atoms with Gasteiger partial charge >= 0.3 is 0 Å². The summed E-state index contributed by atoms with van der Waals surface area (Å²) in [6.07, 6.45) is 1.29. The van der Waals surface area contributed by atoms with Gasteiger partial charge in [-0.15, -0.1) is 0 Å². The molecule has 0 amide bonds. The maximum Gasteiger partial charge on any atom is 0.263 e. The highest BCUT2D eigenvalue weighted by molar-refractivity contribution is 7.90. The van der Waals surface area contributed by atoms with Gasteiger partial charge in [-0.2, -0.15) is 0 Å². The van der Waals surface area contributed by atoms with Crippen molar-refractivity contribution >= 4 is 15.9 Å². The topological polar surface area (TPSA) is 78.8 Å². The van der Waals surface area contributed by atoms with Crippen LogP contribution < -0.4 is 4.72 Å². The second kappa shape index (κ2) is 5.07. The number of hydrogen-bond donors (Lipinski definition) is 2. The zero-order valence-electron chi connectivity index (χ0n) is 10.1. The van der Waals surface area contributed by atoms with Crippen molar-refractivity contribution in [1.29, 1.82) is 0 Å². The monoisotopic (exact) mass is 268 g/mol. The summed E-state index contributed by atoms with van der Waals surface area (Å²) in [7, 11) is -3.47. The Morgan fingerprint density at radius 1 is 1.39 bits per heavy atom. The molecule has 0 spiro atoms. The van der Waals surface area contributed by atoms with E-state index in [1.54, 1.807) is 24.3 Å². The summed E-state index contributed by atoms with van der Waals surface area (Å²) in [5.74, 6) is 0.380. The van der Waals surface area contributed by atoms with E-state index in [0.29, 0.717) is 17.8 Å². The van der Waals surface area contributed by atoms with Gasteiger partial charge in [0.25, 0.3) is 10.0 Å².